The van der Waals surface area contributed by atoms with Crippen LogP contribution in [-0.4, -0.2) is 40.9 Å². The summed E-state index contributed by atoms with van der Waals surface area (Å²) in [6.07, 6.45) is 1.35. The molecule has 7 nitrogen and oxygen atoms in total. The van der Waals surface area contributed by atoms with Crippen LogP contribution >= 0.6 is 0 Å². The van der Waals surface area contributed by atoms with Crippen molar-refractivity contribution in [1.29, 1.82) is 0 Å². The predicted octanol–water partition coefficient (Wildman–Crippen LogP) is 4.35. The molecule has 34 heavy (non-hydrogen) atoms. The molecule has 3 atom stereocenters. The third-order valence-corrected chi connectivity index (χ3v) is 6.57. The standard InChI is InChI=1S/C27H53N3O4/c1-18(22(2,3)4)14-15-19(31)30-25(10,11)17-34-27(13,29)21(33)24(8,9)16-26(12,28)20(32)23(5,6)7/h18H,14-17,28-29H2,1-13H3,(H,30,31). The number of Topliss-reactive ketones (excluding diaryl/α,β-unsaturated/α-hetero) is 2. The smallest absolute Gasteiger partial charge is 0.220 e. The largest absolute Gasteiger partial charge is 0.351 e. The van der Waals surface area contributed by atoms with Crippen molar-refractivity contribution in [3.8, 4) is 0 Å². The number of rotatable bonds is 12. The van der Waals surface area contributed by atoms with Gasteiger partial charge in [-0.3, -0.25) is 20.1 Å². The summed E-state index contributed by atoms with van der Waals surface area (Å²) in [6.45, 7) is 24.4. The fourth-order valence-electron chi connectivity index (χ4n) is 4.26. The molecule has 0 aromatic carbocycles. The minimum Gasteiger partial charge on any atom is -0.351 e. The molecule has 0 radical (unpaired) electrons. The second kappa shape index (κ2) is 10.8. The first kappa shape index (κ1) is 32.7. The van der Waals surface area contributed by atoms with E-state index in [1.807, 2.05) is 34.6 Å². The SMILES string of the molecule is CC(CCC(=O)NC(C)(C)COC(C)(N)C(=O)C(C)(C)CC(C)(N)C(=O)C(C)(C)C)C(C)(C)C. The molecule has 0 saturated heterocycles. The number of hydrogen-bond donors (Lipinski definition) is 3. The average molecular weight is 484 g/mol. The van der Waals surface area contributed by atoms with E-state index in [9.17, 15) is 14.4 Å². The lowest BCUT2D eigenvalue weighted by atomic mass is 9.69. The summed E-state index contributed by atoms with van der Waals surface area (Å²) in [7, 11) is 0. The van der Waals surface area contributed by atoms with E-state index in [1.165, 1.54) is 6.92 Å². The number of carbonyl (C=O) groups is 3. The topological polar surface area (TPSA) is 125 Å². The van der Waals surface area contributed by atoms with Gasteiger partial charge in [0.05, 0.1) is 17.7 Å². The van der Waals surface area contributed by atoms with Crippen LogP contribution in [0.3, 0.4) is 0 Å². The number of hydrogen-bond acceptors (Lipinski definition) is 6. The monoisotopic (exact) mass is 483 g/mol. The zero-order valence-electron chi connectivity index (χ0n) is 24.2. The molecule has 0 aliphatic heterocycles. The summed E-state index contributed by atoms with van der Waals surface area (Å²) in [6, 6.07) is 0. The maximum Gasteiger partial charge on any atom is 0.220 e. The molecule has 0 saturated carbocycles. The number of carbonyl (C=O) groups excluding carboxylic acids is 3. The lowest BCUT2D eigenvalue weighted by Gasteiger charge is -2.40. The highest BCUT2D eigenvalue weighted by Gasteiger charge is 2.47. The first-order chi connectivity index (χ1) is 14.7. The Labute approximate surface area is 208 Å². The summed E-state index contributed by atoms with van der Waals surface area (Å²) < 4.78 is 5.85. The van der Waals surface area contributed by atoms with E-state index in [0.29, 0.717) is 12.3 Å². The maximum atomic E-state index is 13.3. The highest BCUT2D eigenvalue weighted by Crippen LogP contribution is 2.35. The number of nitrogens with two attached hydrogens (primary N) is 2. The number of amides is 1. The van der Waals surface area contributed by atoms with E-state index in [4.69, 9.17) is 16.2 Å². The second-order valence-electron chi connectivity index (χ2n) is 14.0. The zero-order valence-corrected chi connectivity index (χ0v) is 24.2. The molecular formula is C27H53N3O4. The van der Waals surface area contributed by atoms with Crippen molar-refractivity contribution in [2.24, 2.45) is 33.6 Å². The van der Waals surface area contributed by atoms with Crippen molar-refractivity contribution in [2.75, 3.05) is 6.61 Å². The Kier molecular flexibility index (Phi) is 10.3. The fraction of sp³-hybridized carbons (Fsp3) is 0.889. The molecule has 0 aliphatic rings. The van der Waals surface area contributed by atoms with E-state index in [2.05, 4.69) is 33.0 Å². The number of nitrogens with one attached hydrogen (secondary N) is 1. The first-order valence-electron chi connectivity index (χ1n) is 12.4. The van der Waals surface area contributed by atoms with E-state index >= 15 is 0 Å². The van der Waals surface area contributed by atoms with E-state index in [-0.39, 0.29) is 35.9 Å². The zero-order chi connectivity index (χ0) is 27.6. The minimum absolute atomic E-state index is 0.0587. The van der Waals surface area contributed by atoms with Gasteiger partial charge in [0.15, 0.2) is 17.3 Å². The molecule has 0 fully saturated rings. The average Bonchev–Trinajstić information content (AvgIpc) is 2.60. The molecule has 0 aliphatic carbocycles. The molecule has 0 aromatic rings. The summed E-state index contributed by atoms with van der Waals surface area (Å²) >= 11 is 0. The van der Waals surface area contributed by atoms with Gasteiger partial charge in [0.1, 0.15) is 0 Å². The van der Waals surface area contributed by atoms with Gasteiger partial charge >= 0.3 is 0 Å². The summed E-state index contributed by atoms with van der Waals surface area (Å²) in [5.74, 6) is -0.123. The highest BCUT2D eigenvalue weighted by atomic mass is 16.5. The van der Waals surface area contributed by atoms with Crippen molar-refractivity contribution in [3.05, 3.63) is 0 Å². The van der Waals surface area contributed by atoms with Gasteiger partial charge in [-0.15, -0.1) is 0 Å². The number of ketones is 2. The van der Waals surface area contributed by atoms with Crippen LogP contribution in [0, 0.1) is 22.2 Å². The van der Waals surface area contributed by atoms with Crippen LogP contribution in [0.4, 0.5) is 0 Å². The van der Waals surface area contributed by atoms with Gasteiger partial charge in [-0.2, -0.15) is 0 Å². The molecule has 7 heteroatoms. The molecular weight excluding hydrogens is 430 g/mol. The van der Waals surface area contributed by atoms with E-state index < -0.39 is 27.6 Å². The third-order valence-electron chi connectivity index (χ3n) is 6.57. The Morgan fingerprint density at radius 2 is 1.29 bits per heavy atom. The third kappa shape index (κ3) is 10.1. The summed E-state index contributed by atoms with van der Waals surface area (Å²) in [4.78, 5) is 38.6. The minimum atomic E-state index is -1.60. The van der Waals surface area contributed by atoms with Crippen LogP contribution in [0.1, 0.15) is 109 Å². The van der Waals surface area contributed by atoms with E-state index in [1.54, 1.807) is 20.8 Å². The van der Waals surface area contributed by atoms with Gasteiger partial charge in [0.2, 0.25) is 5.91 Å². The van der Waals surface area contributed by atoms with Gasteiger partial charge in [0.25, 0.3) is 0 Å². The van der Waals surface area contributed by atoms with Crippen molar-refractivity contribution in [1.82, 2.24) is 5.32 Å². The van der Waals surface area contributed by atoms with Crippen LogP contribution in [0.25, 0.3) is 0 Å². The summed E-state index contributed by atoms with van der Waals surface area (Å²) in [5, 5.41) is 2.99. The van der Waals surface area contributed by atoms with Crippen molar-refractivity contribution in [2.45, 2.75) is 126 Å². The molecule has 0 spiro atoms. The second-order valence-corrected chi connectivity index (χ2v) is 14.0. The van der Waals surface area contributed by atoms with Gasteiger partial charge in [-0.25, -0.2) is 0 Å². The number of ether oxygens (including phenoxy) is 1. The first-order valence-corrected chi connectivity index (χ1v) is 12.4. The lowest BCUT2D eigenvalue weighted by Crippen LogP contribution is -2.60. The van der Waals surface area contributed by atoms with Crippen LogP contribution in [0.15, 0.2) is 0 Å². The Morgan fingerprint density at radius 3 is 1.71 bits per heavy atom. The molecule has 0 bridgehead atoms. The van der Waals surface area contributed by atoms with Gasteiger partial charge in [-0.05, 0) is 51.9 Å². The van der Waals surface area contributed by atoms with Crippen molar-refractivity contribution < 1.29 is 19.1 Å². The van der Waals surface area contributed by atoms with Crippen molar-refractivity contribution in [3.63, 3.8) is 0 Å². The normalized spacial score (nSPS) is 18.0. The molecule has 200 valence electrons. The van der Waals surface area contributed by atoms with Crippen LogP contribution in [-0.2, 0) is 19.1 Å². The Hall–Kier alpha value is -1.31. The molecule has 1 amide bonds. The van der Waals surface area contributed by atoms with Crippen molar-refractivity contribution >= 4 is 17.5 Å². The molecule has 5 N–H and O–H groups in total. The van der Waals surface area contributed by atoms with E-state index in [0.717, 1.165) is 6.42 Å². The predicted molar refractivity (Wildman–Crippen MR) is 139 cm³/mol. The Balaban J connectivity index is 5.16. The highest BCUT2D eigenvalue weighted by molar-refractivity contribution is 5.95. The summed E-state index contributed by atoms with van der Waals surface area (Å²) in [5.41, 5.74) is 7.67. The quantitative estimate of drug-likeness (QED) is 0.354. The van der Waals surface area contributed by atoms with Gasteiger partial charge in [-0.1, -0.05) is 62.3 Å². The van der Waals surface area contributed by atoms with Crippen LogP contribution in [0.2, 0.25) is 0 Å². The Bertz CT molecular complexity index is 738. The molecule has 0 heterocycles. The Morgan fingerprint density at radius 1 is 0.824 bits per heavy atom. The molecule has 0 aromatic heterocycles. The van der Waals surface area contributed by atoms with Gasteiger partial charge in [0, 0.05) is 17.3 Å². The molecule has 0 rings (SSSR count). The van der Waals surface area contributed by atoms with Crippen LogP contribution < -0.4 is 16.8 Å². The lowest BCUT2D eigenvalue weighted by molar-refractivity contribution is -0.155. The van der Waals surface area contributed by atoms with Crippen LogP contribution in [0.5, 0.6) is 0 Å². The van der Waals surface area contributed by atoms with Gasteiger partial charge < -0.3 is 15.8 Å². The maximum absolute atomic E-state index is 13.3. The molecule has 3 unspecified atom stereocenters. The fourth-order valence-corrected chi connectivity index (χ4v) is 4.26.